The van der Waals surface area contributed by atoms with Crippen LogP contribution in [-0.4, -0.2) is 96.0 Å². The lowest BCUT2D eigenvalue weighted by molar-refractivity contribution is -0.136. The summed E-state index contributed by atoms with van der Waals surface area (Å²) in [6.07, 6.45) is 3.28. The molecule has 40 heavy (non-hydrogen) atoms. The first kappa shape index (κ1) is 28.3. The summed E-state index contributed by atoms with van der Waals surface area (Å²) < 4.78 is 20.7. The number of piperidine rings is 2. The minimum Gasteiger partial charge on any atom is -0.444 e. The molecule has 0 aromatic heterocycles. The van der Waals surface area contributed by atoms with Gasteiger partial charge in [0.2, 0.25) is 11.8 Å². The summed E-state index contributed by atoms with van der Waals surface area (Å²) >= 11 is 0. The summed E-state index contributed by atoms with van der Waals surface area (Å²) in [5.74, 6) is -1.01. The molecule has 0 spiro atoms. The van der Waals surface area contributed by atoms with Crippen LogP contribution in [0.25, 0.3) is 0 Å². The number of rotatable bonds is 5. The molecule has 1 unspecified atom stereocenters. The van der Waals surface area contributed by atoms with Crippen LogP contribution >= 0.6 is 0 Å². The predicted molar refractivity (Wildman–Crippen MR) is 146 cm³/mol. The zero-order valence-electron chi connectivity index (χ0n) is 23.7. The Morgan fingerprint density at radius 3 is 2.38 bits per heavy atom. The summed E-state index contributed by atoms with van der Waals surface area (Å²) in [7, 11) is 0. The number of anilines is 1. The molecule has 1 N–H and O–H groups in total. The van der Waals surface area contributed by atoms with Gasteiger partial charge >= 0.3 is 6.09 Å². The molecule has 0 radical (unpaired) electrons. The van der Waals surface area contributed by atoms with Crippen LogP contribution < -0.4 is 10.2 Å². The van der Waals surface area contributed by atoms with Gasteiger partial charge in [0.1, 0.15) is 17.5 Å². The molecular weight excluding hydrogens is 517 g/mol. The molecule has 0 aliphatic carbocycles. The van der Waals surface area contributed by atoms with E-state index in [-0.39, 0.29) is 37.3 Å². The van der Waals surface area contributed by atoms with E-state index < -0.39 is 23.4 Å². The highest BCUT2D eigenvalue weighted by atomic mass is 19.1. The summed E-state index contributed by atoms with van der Waals surface area (Å²) in [4.78, 5) is 56.8. The van der Waals surface area contributed by atoms with Gasteiger partial charge in [-0.3, -0.25) is 24.6 Å². The Morgan fingerprint density at radius 1 is 1.02 bits per heavy atom. The number of carbonyl (C=O) groups excluding carboxylic acids is 4. The van der Waals surface area contributed by atoms with Gasteiger partial charge in [0.25, 0.3) is 5.91 Å². The number of nitrogens with zero attached hydrogens (tertiary/aromatic N) is 4. The Balaban J connectivity index is 1.10. The van der Waals surface area contributed by atoms with E-state index in [2.05, 4.69) is 10.2 Å². The van der Waals surface area contributed by atoms with Crippen LogP contribution in [-0.2, 0) is 20.9 Å². The Hall–Kier alpha value is -3.21. The molecule has 4 heterocycles. The van der Waals surface area contributed by atoms with E-state index in [1.54, 1.807) is 6.07 Å². The molecule has 10 nitrogen and oxygen atoms in total. The first-order chi connectivity index (χ1) is 19.0. The number of fused-ring (bicyclic) bond motifs is 1. The Labute approximate surface area is 234 Å². The molecule has 1 aromatic carbocycles. The number of piperazine rings is 1. The fourth-order valence-corrected chi connectivity index (χ4v) is 6.13. The molecule has 4 amide bonds. The van der Waals surface area contributed by atoms with Crippen LogP contribution in [0.3, 0.4) is 0 Å². The molecule has 1 atom stereocenters. The molecule has 11 heteroatoms. The van der Waals surface area contributed by atoms with Crippen molar-refractivity contribution < 1.29 is 28.3 Å². The van der Waals surface area contributed by atoms with Gasteiger partial charge in [-0.05, 0) is 76.6 Å². The van der Waals surface area contributed by atoms with Crippen molar-refractivity contribution in [2.24, 2.45) is 5.92 Å². The fourth-order valence-electron chi connectivity index (χ4n) is 6.13. The Kier molecular flexibility index (Phi) is 8.03. The minimum absolute atomic E-state index is 0.186. The highest BCUT2D eigenvalue weighted by Crippen LogP contribution is 2.33. The van der Waals surface area contributed by atoms with Gasteiger partial charge in [0.05, 0.1) is 5.69 Å². The second-order valence-electron chi connectivity index (χ2n) is 12.4. The number of benzene rings is 1. The normalized spacial score (nSPS) is 22.9. The smallest absolute Gasteiger partial charge is 0.410 e. The number of imide groups is 1. The maximum atomic E-state index is 15.2. The molecular formula is C29H40FN5O5. The van der Waals surface area contributed by atoms with Crippen molar-refractivity contribution in [2.75, 3.05) is 50.7 Å². The second kappa shape index (κ2) is 11.3. The number of carbonyl (C=O) groups is 4. The summed E-state index contributed by atoms with van der Waals surface area (Å²) in [6, 6.07) is 2.34. The van der Waals surface area contributed by atoms with E-state index in [9.17, 15) is 19.2 Å². The van der Waals surface area contributed by atoms with E-state index >= 15 is 4.39 Å². The van der Waals surface area contributed by atoms with E-state index in [0.717, 1.165) is 52.0 Å². The van der Waals surface area contributed by atoms with Crippen molar-refractivity contribution in [1.82, 2.24) is 20.0 Å². The number of halogens is 1. The zero-order valence-corrected chi connectivity index (χ0v) is 23.7. The number of likely N-dealkylation sites (tertiary alicyclic amines) is 1. The third-order valence-electron chi connectivity index (χ3n) is 8.42. The summed E-state index contributed by atoms with van der Waals surface area (Å²) in [6.45, 7) is 11.4. The van der Waals surface area contributed by atoms with Crippen molar-refractivity contribution in [3.05, 3.63) is 29.1 Å². The van der Waals surface area contributed by atoms with E-state index in [4.69, 9.17) is 4.74 Å². The third kappa shape index (κ3) is 6.24. The Morgan fingerprint density at radius 2 is 1.73 bits per heavy atom. The van der Waals surface area contributed by atoms with Crippen LogP contribution in [0.5, 0.6) is 0 Å². The summed E-state index contributed by atoms with van der Waals surface area (Å²) in [5.41, 5.74) is 1.02. The van der Waals surface area contributed by atoms with Crippen molar-refractivity contribution in [1.29, 1.82) is 0 Å². The predicted octanol–water partition coefficient (Wildman–Crippen LogP) is 2.75. The highest BCUT2D eigenvalue weighted by molar-refractivity contribution is 6.05. The molecule has 5 rings (SSSR count). The average Bonchev–Trinajstić information content (AvgIpc) is 3.21. The lowest BCUT2D eigenvalue weighted by Gasteiger charge is -2.38. The Bertz CT molecular complexity index is 1170. The lowest BCUT2D eigenvalue weighted by Crippen LogP contribution is -2.52. The number of amides is 4. The first-order valence-electron chi connectivity index (χ1n) is 14.4. The molecule has 4 aliphatic rings. The molecule has 0 saturated carbocycles. The molecule has 3 fully saturated rings. The number of hydrogen-bond donors (Lipinski definition) is 1. The largest absolute Gasteiger partial charge is 0.444 e. The quantitative estimate of drug-likeness (QED) is 0.556. The van der Waals surface area contributed by atoms with Gasteiger partial charge < -0.3 is 19.4 Å². The van der Waals surface area contributed by atoms with Crippen molar-refractivity contribution in [2.45, 2.75) is 71.1 Å². The lowest BCUT2D eigenvalue weighted by atomic mass is 9.93. The monoisotopic (exact) mass is 557 g/mol. The standard InChI is InChI=1S/C29H40FN5O5/c1-29(2,3)40-28(39)34-10-7-19(8-11-34)6-9-32-12-14-33(15-13-32)24-16-20-18-35(27(38)21(20)17-22(24)30)23-4-5-25(36)31-26(23)37/h16-17,19,23H,4-15,18H2,1-3H3,(H,31,36,37). The van der Waals surface area contributed by atoms with E-state index in [0.29, 0.717) is 35.8 Å². The fraction of sp³-hybridized carbons (Fsp3) is 0.655. The van der Waals surface area contributed by atoms with Gasteiger partial charge in [0.15, 0.2) is 0 Å². The topological polar surface area (TPSA) is 102 Å². The third-order valence-corrected chi connectivity index (χ3v) is 8.42. The first-order valence-corrected chi connectivity index (χ1v) is 14.4. The second-order valence-corrected chi connectivity index (χ2v) is 12.4. The van der Waals surface area contributed by atoms with Crippen LogP contribution in [0.2, 0.25) is 0 Å². The number of hydrogen-bond acceptors (Lipinski definition) is 7. The van der Waals surface area contributed by atoms with Gasteiger partial charge in [-0.2, -0.15) is 0 Å². The molecule has 1 aromatic rings. The van der Waals surface area contributed by atoms with Gasteiger partial charge in [0, 0.05) is 57.8 Å². The van der Waals surface area contributed by atoms with Crippen LogP contribution in [0.15, 0.2) is 12.1 Å². The van der Waals surface area contributed by atoms with Crippen molar-refractivity contribution >= 4 is 29.5 Å². The maximum absolute atomic E-state index is 15.2. The van der Waals surface area contributed by atoms with Gasteiger partial charge in [-0.25, -0.2) is 9.18 Å². The zero-order chi connectivity index (χ0) is 28.6. The number of nitrogens with one attached hydrogen (secondary N) is 1. The highest BCUT2D eigenvalue weighted by Gasteiger charge is 2.40. The molecule has 3 saturated heterocycles. The van der Waals surface area contributed by atoms with Crippen molar-refractivity contribution in [3.63, 3.8) is 0 Å². The van der Waals surface area contributed by atoms with Crippen LogP contribution in [0, 0.1) is 11.7 Å². The van der Waals surface area contributed by atoms with Crippen LogP contribution in [0.4, 0.5) is 14.9 Å². The van der Waals surface area contributed by atoms with Gasteiger partial charge in [-0.1, -0.05) is 0 Å². The molecule has 4 aliphatic heterocycles. The number of ether oxygens (including phenoxy) is 1. The molecule has 0 bridgehead atoms. The maximum Gasteiger partial charge on any atom is 0.410 e. The summed E-state index contributed by atoms with van der Waals surface area (Å²) in [5, 5.41) is 2.30. The van der Waals surface area contributed by atoms with Crippen molar-refractivity contribution in [3.8, 4) is 0 Å². The van der Waals surface area contributed by atoms with Gasteiger partial charge in [-0.15, -0.1) is 0 Å². The molecule has 218 valence electrons. The SMILES string of the molecule is CC(C)(C)OC(=O)N1CCC(CCN2CCN(c3cc4c(cc3F)C(=O)N(C3CCC(=O)NC3=O)C4)CC2)CC1. The van der Waals surface area contributed by atoms with Crippen LogP contribution in [0.1, 0.15) is 68.8 Å². The van der Waals surface area contributed by atoms with E-state index in [1.807, 2.05) is 30.6 Å². The minimum atomic E-state index is -0.711. The average molecular weight is 558 g/mol. The van der Waals surface area contributed by atoms with E-state index in [1.165, 1.54) is 11.0 Å².